The summed E-state index contributed by atoms with van der Waals surface area (Å²) >= 11 is 0. The van der Waals surface area contributed by atoms with Gasteiger partial charge in [-0.05, 0) is 99.1 Å². The maximum absolute atomic E-state index is 14.1. The van der Waals surface area contributed by atoms with Crippen LogP contribution in [0.15, 0.2) is 41.3 Å². The molecule has 1 aliphatic carbocycles. The monoisotopic (exact) mass is 497 g/mol. The Balaban J connectivity index is 1.48. The number of hydrogen-bond donors (Lipinski definition) is 0. The summed E-state index contributed by atoms with van der Waals surface area (Å²) in [6.07, 6.45) is 6.64. The molecule has 2 heterocycles. The number of rotatable bonds is 8. The number of ketones is 1. The van der Waals surface area contributed by atoms with Gasteiger partial charge in [0.1, 0.15) is 5.75 Å². The van der Waals surface area contributed by atoms with E-state index in [0.29, 0.717) is 29.8 Å². The van der Waals surface area contributed by atoms with Crippen LogP contribution in [0, 0.1) is 11.8 Å². The summed E-state index contributed by atoms with van der Waals surface area (Å²) in [5.41, 5.74) is 3.41. The molecule has 6 nitrogen and oxygen atoms in total. The standard InChI is InChI=1S/C28H35NO5S/c1-3-20-4-9-27-23(16-20)7-10-26(22-5-6-22)29(27)35(31,32)24-8-11-28(25(17-24)19(2)30)34-18-21-12-14-33-15-13-21/h4,8-9,11,16-17,21-22,26H,3,5-7,10,12-15,18H2,1-2H3/t26-/m0/s1. The maximum atomic E-state index is 14.1. The van der Waals surface area contributed by atoms with Crippen LogP contribution in [0.5, 0.6) is 5.75 Å². The van der Waals surface area contributed by atoms with Crippen LogP contribution in [-0.2, 0) is 27.6 Å². The molecule has 2 aromatic rings. The Bertz CT molecular complexity index is 1200. The van der Waals surface area contributed by atoms with Crippen LogP contribution in [0.2, 0.25) is 0 Å². The molecule has 2 aromatic carbocycles. The molecule has 2 fully saturated rings. The summed E-state index contributed by atoms with van der Waals surface area (Å²) < 4.78 is 41.3. The predicted octanol–water partition coefficient (Wildman–Crippen LogP) is 5.18. The number of ether oxygens (including phenoxy) is 2. The molecule has 0 radical (unpaired) electrons. The van der Waals surface area contributed by atoms with E-state index in [0.717, 1.165) is 69.4 Å². The molecule has 1 saturated heterocycles. The highest BCUT2D eigenvalue weighted by atomic mass is 32.2. The summed E-state index contributed by atoms with van der Waals surface area (Å²) in [4.78, 5) is 12.7. The molecule has 0 bridgehead atoms. The Morgan fingerprint density at radius 1 is 1.06 bits per heavy atom. The van der Waals surface area contributed by atoms with Crippen molar-refractivity contribution in [3.8, 4) is 5.75 Å². The van der Waals surface area contributed by atoms with Gasteiger partial charge < -0.3 is 9.47 Å². The lowest BCUT2D eigenvalue weighted by Gasteiger charge is -2.38. The third-order valence-corrected chi connectivity index (χ3v) is 9.50. The maximum Gasteiger partial charge on any atom is 0.264 e. The first kappa shape index (κ1) is 24.3. The molecular weight excluding hydrogens is 462 g/mol. The summed E-state index contributed by atoms with van der Waals surface area (Å²) in [5, 5.41) is 0. The summed E-state index contributed by atoms with van der Waals surface area (Å²) in [6.45, 7) is 5.52. The van der Waals surface area contributed by atoms with Gasteiger partial charge in [0.15, 0.2) is 5.78 Å². The van der Waals surface area contributed by atoms with Crippen molar-refractivity contribution in [1.82, 2.24) is 0 Å². The Labute approximate surface area is 208 Å². The molecule has 1 saturated carbocycles. The van der Waals surface area contributed by atoms with Gasteiger partial charge in [-0.2, -0.15) is 0 Å². The van der Waals surface area contributed by atoms with E-state index in [2.05, 4.69) is 13.0 Å². The summed E-state index contributed by atoms with van der Waals surface area (Å²) in [7, 11) is -3.85. The molecule has 0 aromatic heterocycles. The fraction of sp³-hybridized carbons (Fsp3) is 0.536. The van der Waals surface area contributed by atoms with Crippen molar-refractivity contribution in [2.24, 2.45) is 11.8 Å². The molecule has 35 heavy (non-hydrogen) atoms. The van der Waals surface area contributed by atoms with Crippen LogP contribution < -0.4 is 9.04 Å². The van der Waals surface area contributed by atoms with Gasteiger partial charge in [-0.1, -0.05) is 19.1 Å². The zero-order chi connectivity index (χ0) is 24.6. The van der Waals surface area contributed by atoms with Crippen LogP contribution in [-0.4, -0.2) is 40.1 Å². The van der Waals surface area contributed by atoms with E-state index < -0.39 is 10.0 Å². The van der Waals surface area contributed by atoms with Crippen LogP contribution >= 0.6 is 0 Å². The number of carbonyl (C=O) groups is 1. The van der Waals surface area contributed by atoms with Crippen molar-refractivity contribution in [3.05, 3.63) is 53.1 Å². The second-order valence-corrected chi connectivity index (χ2v) is 12.0. The van der Waals surface area contributed by atoms with Crippen molar-refractivity contribution < 1.29 is 22.7 Å². The second kappa shape index (κ2) is 9.94. The van der Waals surface area contributed by atoms with Gasteiger partial charge in [-0.15, -0.1) is 0 Å². The van der Waals surface area contributed by atoms with E-state index in [1.807, 2.05) is 12.1 Å². The Morgan fingerprint density at radius 2 is 1.83 bits per heavy atom. The number of nitrogens with zero attached hydrogens (tertiary/aromatic N) is 1. The van der Waals surface area contributed by atoms with Crippen LogP contribution in [0.4, 0.5) is 5.69 Å². The highest BCUT2D eigenvalue weighted by Gasteiger charge is 2.44. The molecule has 2 aliphatic heterocycles. The highest BCUT2D eigenvalue weighted by Crippen LogP contribution is 2.45. The van der Waals surface area contributed by atoms with Crippen LogP contribution in [0.3, 0.4) is 0 Å². The SMILES string of the molecule is CCc1ccc2c(c1)CC[C@@H](C1CC1)N2S(=O)(=O)c1ccc(OCC2CCOCC2)c(C(C)=O)c1. The number of carbonyl (C=O) groups excluding carboxylic acids is 1. The molecule has 7 heteroatoms. The van der Waals surface area contributed by atoms with E-state index in [-0.39, 0.29) is 16.7 Å². The molecule has 3 aliphatic rings. The van der Waals surface area contributed by atoms with Gasteiger partial charge in [0.25, 0.3) is 10.0 Å². The number of sulfonamides is 1. The minimum absolute atomic E-state index is 0.0369. The number of Topliss-reactive ketones (excluding diaryl/α,β-unsaturated/α-hetero) is 1. The van der Waals surface area contributed by atoms with E-state index in [1.54, 1.807) is 16.4 Å². The molecule has 0 amide bonds. The van der Waals surface area contributed by atoms with Crippen molar-refractivity contribution in [1.29, 1.82) is 0 Å². The van der Waals surface area contributed by atoms with Crippen LogP contribution in [0.1, 0.15) is 67.4 Å². The molecule has 0 unspecified atom stereocenters. The lowest BCUT2D eigenvalue weighted by Crippen LogP contribution is -2.45. The van der Waals surface area contributed by atoms with E-state index in [1.165, 1.54) is 18.6 Å². The highest BCUT2D eigenvalue weighted by molar-refractivity contribution is 7.92. The van der Waals surface area contributed by atoms with Gasteiger partial charge in [-0.3, -0.25) is 9.10 Å². The third kappa shape index (κ3) is 4.98. The first-order chi connectivity index (χ1) is 16.9. The number of anilines is 1. The number of aryl methyl sites for hydroxylation is 2. The van der Waals surface area contributed by atoms with Gasteiger partial charge in [0.2, 0.25) is 0 Å². The van der Waals surface area contributed by atoms with Crippen molar-refractivity contribution in [2.75, 3.05) is 24.1 Å². The normalized spacial score (nSPS) is 21.0. The molecule has 0 N–H and O–H groups in total. The quantitative estimate of drug-likeness (QED) is 0.470. The average molecular weight is 498 g/mol. The number of hydrogen-bond acceptors (Lipinski definition) is 5. The minimum atomic E-state index is -3.85. The minimum Gasteiger partial charge on any atom is -0.493 e. The smallest absolute Gasteiger partial charge is 0.264 e. The van der Waals surface area contributed by atoms with Gasteiger partial charge in [0.05, 0.1) is 22.8 Å². The van der Waals surface area contributed by atoms with E-state index in [9.17, 15) is 13.2 Å². The lowest BCUT2D eigenvalue weighted by molar-refractivity contribution is 0.0495. The van der Waals surface area contributed by atoms with Gasteiger partial charge >= 0.3 is 0 Å². The fourth-order valence-electron chi connectivity index (χ4n) is 5.39. The fourth-order valence-corrected chi connectivity index (χ4v) is 7.20. The molecular formula is C28H35NO5S. The Hall–Kier alpha value is -2.38. The second-order valence-electron chi connectivity index (χ2n) is 10.1. The van der Waals surface area contributed by atoms with Crippen molar-refractivity contribution in [2.45, 2.75) is 69.7 Å². The molecule has 0 spiro atoms. The van der Waals surface area contributed by atoms with Crippen molar-refractivity contribution >= 4 is 21.5 Å². The summed E-state index contributed by atoms with van der Waals surface area (Å²) in [5.74, 6) is 1.03. The van der Waals surface area contributed by atoms with E-state index in [4.69, 9.17) is 9.47 Å². The first-order valence-corrected chi connectivity index (χ1v) is 14.3. The Morgan fingerprint density at radius 3 is 2.51 bits per heavy atom. The van der Waals surface area contributed by atoms with Gasteiger partial charge in [-0.25, -0.2) is 8.42 Å². The predicted molar refractivity (Wildman–Crippen MR) is 136 cm³/mol. The zero-order valence-corrected chi connectivity index (χ0v) is 21.5. The molecule has 5 rings (SSSR count). The zero-order valence-electron chi connectivity index (χ0n) is 20.7. The van der Waals surface area contributed by atoms with Gasteiger partial charge in [0, 0.05) is 19.3 Å². The lowest BCUT2D eigenvalue weighted by atomic mass is 9.93. The molecule has 1 atom stereocenters. The molecule has 188 valence electrons. The van der Waals surface area contributed by atoms with E-state index >= 15 is 0 Å². The van der Waals surface area contributed by atoms with Crippen LogP contribution in [0.25, 0.3) is 0 Å². The first-order valence-electron chi connectivity index (χ1n) is 12.9. The third-order valence-electron chi connectivity index (χ3n) is 7.67. The largest absolute Gasteiger partial charge is 0.493 e. The Kier molecular flexibility index (Phi) is 6.91. The topological polar surface area (TPSA) is 72.9 Å². The van der Waals surface area contributed by atoms with Crippen molar-refractivity contribution in [3.63, 3.8) is 0 Å². The number of fused-ring (bicyclic) bond motifs is 1. The summed E-state index contributed by atoms with van der Waals surface area (Å²) in [6, 6.07) is 10.9. The average Bonchev–Trinajstić information content (AvgIpc) is 3.72. The number of benzene rings is 2.